The molecule has 0 aromatic heterocycles. The first-order chi connectivity index (χ1) is 12.9. The standard InChI is InChI=1S/C20H20F3NO2S/c21-20(22,23)15-6-3-5-14(11-15)12-24-19(25)17-8-1-2-9-18(17)27-13-16-7-4-10-26-16/h1-3,5-6,8-9,11,16H,4,7,10,12-13H2,(H,24,25). The molecule has 1 fully saturated rings. The number of hydrogen-bond donors (Lipinski definition) is 1. The number of carbonyl (C=O) groups is 1. The summed E-state index contributed by atoms with van der Waals surface area (Å²) in [5.41, 5.74) is 0.205. The van der Waals surface area contributed by atoms with E-state index in [-0.39, 0.29) is 18.6 Å². The fourth-order valence-corrected chi connectivity index (χ4v) is 3.99. The van der Waals surface area contributed by atoms with Crippen molar-refractivity contribution in [2.24, 2.45) is 0 Å². The van der Waals surface area contributed by atoms with E-state index >= 15 is 0 Å². The van der Waals surface area contributed by atoms with Crippen molar-refractivity contribution in [3.8, 4) is 0 Å². The van der Waals surface area contributed by atoms with Gasteiger partial charge in [-0.2, -0.15) is 13.2 Å². The molecule has 1 unspecified atom stereocenters. The van der Waals surface area contributed by atoms with Crippen LogP contribution in [0.5, 0.6) is 0 Å². The van der Waals surface area contributed by atoms with Crippen LogP contribution in [0.15, 0.2) is 53.4 Å². The predicted molar refractivity (Wildman–Crippen MR) is 98.8 cm³/mol. The molecule has 0 radical (unpaired) electrons. The van der Waals surface area contributed by atoms with Gasteiger partial charge in [-0.25, -0.2) is 0 Å². The number of carbonyl (C=O) groups excluding carboxylic acids is 1. The Morgan fingerprint density at radius 2 is 2.00 bits per heavy atom. The molecule has 2 aromatic rings. The summed E-state index contributed by atoms with van der Waals surface area (Å²) in [6.07, 6.45) is -2.11. The van der Waals surface area contributed by atoms with Gasteiger partial charge in [0.15, 0.2) is 0 Å². The van der Waals surface area contributed by atoms with Crippen LogP contribution in [-0.2, 0) is 17.5 Å². The maximum absolute atomic E-state index is 12.8. The molecule has 1 saturated heterocycles. The molecule has 1 atom stereocenters. The first kappa shape index (κ1) is 19.8. The van der Waals surface area contributed by atoms with Crippen LogP contribution in [0.2, 0.25) is 0 Å². The van der Waals surface area contributed by atoms with Crippen LogP contribution in [0.1, 0.15) is 34.3 Å². The summed E-state index contributed by atoms with van der Waals surface area (Å²) in [5.74, 6) is 0.473. The Kier molecular flexibility index (Phi) is 6.44. The van der Waals surface area contributed by atoms with E-state index in [1.54, 1.807) is 30.0 Å². The Morgan fingerprint density at radius 3 is 2.74 bits per heavy atom. The lowest BCUT2D eigenvalue weighted by atomic mass is 10.1. The van der Waals surface area contributed by atoms with Gasteiger partial charge in [-0.3, -0.25) is 4.79 Å². The van der Waals surface area contributed by atoms with Gasteiger partial charge >= 0.3 is 6.18 Å². The maximum Gasteiger partial charge on any atom is 0.416 e. The molecule has 144 valence electrons. The molecule has 0 spiro atoms. The van der Waals surface area contributed by atoms with E-state index in [2.05, 4.69) is 5.32 Å². The normalized spacial score (nSPS) is 17.1. The lowest BCUT2D eigenvalue weighted by molar-refractivity contribution is -0.137. The van der Waals surface area contributed by atoms with Gasteiger partial charge in [0.2, 0.25) is 0 Å². The number of ether oxygens (including phenoxy) is 1. The predicted octanol–water partition coefficient (Wildman–Crippen LogP) is 4.91. The van der Waals surface area contributed by atoms with E-state index in [1.807, 2.05) is 12.1 Å². The van der Waals surface area contributed by atoms with Crippen molar-refractivity contribution in [2.45, 2.75) is 36.6 Å². The largest absolute Gasteiger partial charge is 0.416 e. The summed E-state index contributed by atoms with van der Waals surface area (Å²) in [7, 11) is 0. The molecule has 7 heteroatoms. The number of benzene rings is 2. The third kappa shape index (κ3) is 5.49. The Bertz CT molecular complexity index is 789. The van der Waals surface area contributed by atoms with E-state index in [1.165, 1.54) is 6.07 Å². The van der Waals surface area contributed by atoms with Crippen LogP contribution in [0, 0.1) is 0 Å². The van der Waals surface area contributed by atoms with E-state index in [9.17, 15) is 18.0 Å². The number of hydrogen-bond acceptors (Lipinski definition) is 3. The van der Waals surface area contributed by atoms with Crippen molar-refractivity contribution in [1.82, 2.24) is 5.32 Å². The zero-order valence-corrected chi connectivity index (χ0v) is 15.4. The van der Waals surface area contributed by atoms with Crippen LogP contribution >= 0.6 is 11.8 Å². The minimum absolute atomic E-state index is 0.0352. The van der Waals surface area contributed by atoms with Gasteiger partial charge in [-0.1, -0.05) is 24.3 Å². The van der Waals surface area contributed by atoms with Crippen LogP contribution in [0.4, 0.5) is 13.2 Å². The van der Waals surface area contributed by atoms with Gasteiger partial charge in [0, 0.05) is 23.8 Å². The molecule has 1 heterocycles. The van der Waals surface area contributed by atoms with E-state index in [0.717, 1.165) is 42.2 Å². The maximum atomic E-state index is 12.8. The summed E-state index contributed by atoms with van der Waals surface area (Å²) < 4.78 is 44.0. The molecule has 1 N–H and O–H groups in total. The Morgan fingerprint density at radius 1 is 1.19 bits per heavy atom. The zero-order valence-electron chi connectivity index (χ0n) is 14.6. The van der Waals surface area contributed by atoms with E-state index < -0.39 is 11.7 Å². The SMILES string of the molecule is O=C(NCc1cccc(C(F)(F)F)c1)c1ccccc1SCC1CCCO1. The molecule has 0 aliphatic carbocycles. The Labute approximate surface area is 160 Å². The molecule has 0 bridgehead atoms. The van der Waals surface area contributed by atoms with Crippen molar-refractivity contribution in [3.05, 3.63) is 65.2 Å². The molecule has 1 aliphatic rings. The third-order valence-corrected chi connectivity index (χ3v) is 5.49. The smallest absolute Gasteiger partial charge is 0.377 e. The fourth-order valence-electron chi connectivity index (χ4n) is 2.87. The molecule has 1 amide bonds. The highest BCUT2D eigenvalue weighted by atomic mass is 32.2. The highest BCUT2D eigenvalue weighted by Gasteiger charge is 2.30. The van der Waals surface area contributed by atoms with E-state index in [0.29, 0.717) is 11.1 Å². The van der Waals surface area contributed by atoms with Crippen molar-refractivity contribution >= 4 is 17.7 Å². The lowest BCUT2D eigenvalue weighted by Gasteiger charge is -2.13. The highest BCUT2D eigenvalue weighted by Crippen LogP contribution is 2.30. The molecule has 0 saturated carbocycles. The number of amides is 1. The van der Waals surface area contributed by atoms with Gasteiger partial charge in [0.1, 0.15) is 0 Å². The summed E-state index contributed by atoms with van der Waals surface area (Å²) >= 11 is 1.57. The first-order valence-corrected chi connectivity index (χ1v) is 9.70. The quantitative estimate of drug-likeness (QED) is 0.707. The monoisotopic (exact) mass is 395 g/mol. The summed E-state index contributed by atoms with van der Waals surface area (Å²) in [6, 6.07) is 12.2. The van der Waals surface area contributed by atoms with Crippen molar-refractivity contribution in [1.29, 1.82) is 0 Å². The minimum Gasteiger partial charge on any atom is -0.377 e. The first-order valence-electron chi connectivity index (χ1n) is 8.71. The van der Waals surface area contributed by atoms with Crippen molar-refractivity contribution in [3.63, 3.8) is 0 Å². The molecule has 3 nitrogen and oxygen atoms in total. The van der Waals surface area contributed by atoms with Crippen LogP contribution in [0.25, 0.3) is 0 Å². The van der Waals surface area contributed by atoms with Crippen LogP contribution in [-0.4, -0.2) is 24.4 Å². The topological polar surface area (TPSA) is 38.3 Å². The van der Waals surface area contributed by atoms with E-state index in [4.69, 9.17) is 4.74 Å². The van der Waals surface area contributed by atoms with Crippen LogP contribution < -0.4 is 5.32 Å². The Hall–Kier alpha value is -1.99. The number of nitrogens with one attached hydrogen (secondary N) is 1. The number of halogens is 3. The average Bonchev–Trinajstić information content (AvgIpc) is 3.18. The highest BCUT2D eigenvalue weighted by molar-refractivity contribution is 7.99. The van der Waals surface area contributed by atoms with Gasteiger partial charge in [0.25, 0.3) is 5.91 Å². The van der Waals surface area contributed by atoms with Gasteiger partial charge in [-0.15, -0.1) is 11.8 Å². The number of alkyl halides is 3. The molecular formula is C20H20F3NO2S. The van der Waals surface area contributed by atoms with Gasteiger partial charge < -0.3 is 10.1 Å². The lowest BCUT2D eigenvalue weighted by Crippen LogP contribution is -2.23. The summed E-state index contributed by atoms with van der Waals surface area (Å²) in [4.78, 5) is 13.4. The second-order valence-corrected chi connectivity index (χ2v) is 7.38. The minimum atomic E-state index is -4.40. The fraction of sp³-hybridized carbons (Fsp3) is 0.350. The Balaban J connectivity index is 1.62. The average molecular weight is 395 g/mol. The molecule has 3 rings (SSSR count). The number of rotatable bonds is 6. The molecular weight excluding hydrogens is 375 g/mol. The molecule has 2 aromatic carbocycles. The van der Waals surface area contributed by atoms with Gasteiger partial charge in [0.05, 0.1) is 17.2 Å². The van der Waals surface area contributed by atoms with Gasteiger partial charge in [-0.05, 0) is 42.7 Å². The van der Waals surface area contributed by atoms with Crippen LogP contribution in [0.3, 0.4) is 0 Å². The second-order valence-electron chi connectivity index (χ2n) is 6.32. The molecule has 1 aliphatic heterocycles. The summed E-state index contributed by atoms with van der Waals surface area (Å²) in [6.45, 7) is 0.817. The molecule has 27 heavy (non-hydrogen) atoms. The van der Waals surface area contributed by atoms with Crippen molar-refractivity contribution < 1.29 is 22.7 Å². The van der Waals surface area contributed by atoms with Crippen molar-refractivity contribution in [2.75, 3.05) is 12.4 Å². The zero-order chi connectivity index (χ0) is 19.3. The number of thioether (sulfide) groups is 1. The summed E-state index contributed by atoms with van der Waals surface area (Å²) in [5, 5.41) is 2.71. The second kappa shape index (κ2) is 8.80. The third-order valence-electron chi connectivity index (χ3n) is 4.29.